The first-order chi connectivity index (χ1) is 11.9. The van der Waals surface area contributed by atoms with Gasteiger partial charge in [-0.2, -0.15) is 0 Å². The number of benzene rings is 2. The van der Waals surface area contributed by atoms with Crippen molar-refractivity contribution in [3.05, 3.63) is 53.6 Å². The number of sulfonamides is 1. The van der Waals surface area contributed by atoms with E-state index >= 15 is 0 Å². The van der Waals surface area contributed by atoms with Crippen LogP contribution >= 0.6 is 0 Å². The molecule has 4 rings (SSSR count). The molecular weight excluding hydrogens is 336 g/mol. The molecule has 0 aromatic heterocycles. The Morgan fingerprint density at radius 3 is 2.60 bits per heavy atom. The summed E-state index contributed by atoms with van der Waals surface area (Å²) in [7, 11) is -3.60. The molecule has 0 radical (unpaired) electrons. The van der Waals surface area contributed by atoms with Crippen LogP contribution in [0, 0.1) is 0 Å². The number of anilines is 2. The number of amides is 1. The van der Waals surface area contributed by atoms with Gasteiger partial charge in [0.25, 0.3) is 10.0 Å². The summed E-state index contributed by atoms with van der Waals surface area (Å²) >= 11 is 0. The molecule has 0 saturated carbocycles. The van der Waals surface area contributed by atoms with Crippen molar-refractivity contribution in [3.63, 3.8) is 0 Å². The fourth-order valence-electron chi connectivity index (χ4n) is 3.93. The van der Waals surface area contributed by atoms with E-state index in [0.717, 1.165) is 28.9 Å². The maximum Gasteiger partial charge on any atom is 0.264 e. The normalized spacial score (nSPS) is 19.0. The van der Waals surface area contributed by atoms with E-state index in [4.69, 9.17) is 0 Å². The summed E-state index contributed by atoms with van der Waals surface area (Å²) in [5.41, 5.74) is 3.56. The van der Waals surface area contributed by atoms with Crippen LogP contribution in [0.2, 0.25) is 0 Å². The van der Waals surface area contributed by atoms with Crippen molar-refractivity contribution in [2.45, 2.75) is 37.6 Å². The molecule has 0 fully saturated rings. The van der Waals surface area contributed by atoms with Crippen molar-refractivity contribution in [1.29, 1.82) is 0 Å². The smallest absolute Gasteiger partial charge is 0.264 e. The Labute approximate surface area is 147 Å². The summed E-state index contributed by atoms with van der Waals surface area (Å²) < 4.78 is 27.8. The van der Waals surface area contributed by atoms with Gasteiger partial charge < -0.3 is 4.90 Å². The van der Waals surface area contributed by atoms with Gasteiger partial charge in [-0.3, -0.25) is 9.10 Å². The van der Waals surface area contributed by atoms with Gasteiger partial charge in [-0.15, -0.1) is 0 Å². The summed E-state index contributed by atoms with van der Waals surface area (Å²) in [4.78, 5) is 13.9. The van der Waals surface area contributed by atoms with E-state index in [9.17, 15) is 13.2 Å². The van der Waals surface area contributed by atoms with Gasteiger partial charge in [-0.05, 0) is 55.2 Å². The fourth-order valence-corrected chi connectivity index (χ4v) is 5.49. The molecule has 0 saturated heterocycles. The van der Waals surface area contributed by atoms with Gasteiger partial charge in [0.1, 0.15) is 0 Å². The number of para-hydroxylation sites is 1. The molecule has 6 heteroatoms. The van der Waals surface area contributed by atoms with Crippen LogP contribution in [0.4, 0.5) is 11.4 Å². The number of hydrogen-bond donors (Lipinski definition) is 0. The first-order valence-electron chi connectivity index (χ1n) is 8.43. The minimum Gasteiger partial charge on any atom is -0.309 e. The Balaban J connectivity index is 1.74. The molecule has 25 heavy (non-hydrogen) atoms. The van der Waals surface area contributed by atoms with Crippen molar-refractivity contribution in [3.8, 4) is 0 Å². The van der Waals surface area contributed by atoms with Crippen LogP contribution in [-0.2, 0) is 27.7 Å². The Kier molecular flexibility index (Phi) is 3.61. The van der Waals surface area contributed by atoms with Gasteiger partial charge in [-0.1, -0.05) is 18.2 Å². The molecule has 2 aliphatic heterocycles. The van der Waals surface area contributed by atoms with Crippen molar-refractivity contribution in [1.82, 2.24) is 0 Å². The standard InChI is InChI=1S/C19H20N2O3S/c1-13-11-16-12-17(7-8-19(16)21(13)14(2)22)25(23,24)20-10-9-15-5-3-4-6-18(15)20/h3-8,12-13H,9-11H2,1-2H3/t13-/m0/s1. The second-order valence-electron chi connectivity index (χ2n) is 6.69. The second kappa shape index (κ2) is 5.59. The zero-order chi connectivity index (χ0) is 17.8. The summed E-state index contributed by atoms with van der Waals surface area (Å²) in [6.07, 6.45) is 1.41. The van der Waals surface area contributed by atoms with Crippen molar-refractivity contribution in [2.75, 3.05) is 15.7 Å². The van der Waals surface area contributed by atoms with Crippen LogP contribution in [0.15, 0.2) is 47.4 Å². The van der Waals surface area contributed by atoms with Crippen LogP contribution in [-0.4, -0.2) is 26.9 Å². The highest BCUT2D eigenvalue weighted by Crippen LogP contribution is 2.37. The van der Waals surface area contributed by atoms with Crippen LogP contribution in [0.1, 0.15) is 25.0 Å². The SMILES string of the molecule is CC(=O)N1c2ccc(S(=O)(=O)N3CCc4ccccc43)cc2C[C@@H]1C. The lowest BCUT2D eigenvalue weighted by atomic mass is 10.1. The molecule has 2 aliphatic rings. The Morgan fingerprint density at radius 2 is 1.84 bits per heavy atom. The summed E-state index contributed by atoms with van der Waals surface area (Å²) in [5, 5.41) is 0. The average molecular weight is 356 g/mol. The molecule has 0 unspecified atom stereocenters. The predicted molar refractivity (Wildman–Crippen MR) is 97.4 cm³/mol. The summed E-state index contributed by atoms with van der Waals surface area (Å²) in [6, 6.07) is 12.8. The second-order valence-corrected chi connectivity index (χ2v) is 8.55. The lowest BCUT2D eigenvalue weighted by molar-refractivity contribution is -0.116. The van der Waals surface area contributed by atoms with E-state index < -0.39 is 10.0 Å². The fraction of sp³-hybridized carbons (Fsp3) is 0.316. The lowest BCUT2D eigenvalue weighted by Crippen LogP contribution is -2.33. The van der Waals surface area contributed by atoms with E-state index in [1.165, 1.54) is 11.2 Å². The topological polar surface area (TPSA) is 57.7 Å². The average Bonchev–Trinajstić information content (AvgIpc) is 3.14. The zero-order valence-corrected chi connectivity index (χ0v) is 15.1. The molecule has 0 N–H and O–H groups in total. The molecule has 0 spiro atoms. The minimum atomic E-state index is -3.60. The quantitative estimate of drug-likeness (QED) is 0.831. The van der Waals surface area contributed by atoms with Gasteiger partial charge in [0.2, 0.25) is 5.91 Å². The van der Waals surface area contributed by atoms with E-state index in [0.29, 0.717) is 17.9 Å². The minimum absolute atomic E-state index is 0.0182. The molecule has 5 nitrogen and oxygen atoms in total. The van der Waals surface area contributed by atoms with Crippen LogP contribution in [0.3, 0.4) is 0 Å². The molecule has 2 heterocycles. The number of hydrogen-bond acceptors (Lipinski definition) is 3. The number of nitrogens with zero attached hydrogens (tertiary/aromatic N) is 2. The number of carbonyl (C=O) groups excluding carboxylic acids is 1. The third-order valence-electron chi connectivity index (χ3n) is 5.04. The highest BCUT2D eigenvalue weighted by atomic mass is 32.2. The van der Waals surface area contributed by atoms with Crippen LogP contribution < -0.4 is 9.21 Å². The Bertz CT molecular complexity index is 968. The molecule has 1 amide bonds. The van der Waals surface area contributed by atoms with Gasteiger partial charge in [0, 0.05) is 25.2 Å². The summed E-state index contributed by atoms with van der Waals surface area (Å²) in [5.74, 6) is -0.0182. The van der Waals surface area contributed by atoms with Crippen LogP contribution in [0.25, 0.3) is 0 Å². The predicted octanol–water partition coefficient (Wildman–Crippen LogP) is 2.74. The molecule has 0 aliphatic carbocycles. The van der Waals surface area contributed by atoms with E-state index in [1.54, 1.807) is 23.1 Å². The molecular formula is C19H20N2O3S. The highest BCUT2D eigenvalue weighted by molar-refractivity contribution is 7.92. The van der Waals surface area contributed by atoms with E-state index in [1.807, 2.05) is 31.2 Å². The van der Waals surface area contributed by atoms with Crippen LogP contribution in [0.5, 0.6) is 0 Å². The largest absolute Gasteiger partial charge is 0.309 e. The molecule has 130 valence electrons. The van der Waals surface area contributed by atoms with E-state index in [-0.39, 0.29) is 11.9 Å². The molecule has 2 aromatic rings. The zero-order valence-electron chi connectivity index (χ0n) is 14.3. The van der Waals surface area contributed by atoms with Crippen molar-refractivity contribution < 1.29 is 13.2 Å². The van der Waals surface area contributed by atoms with Crippen molar-refractivity contribution in [2.24, 2.45) is 0 Å². The maximum atomic E-state index is 13.1. The van der Waals surface area contributed by atoms with Gasteiger partial charge in [0.15, 0.2) is 0 Å². The number of fused-ring (bicyclic) bond motifs is 2. The van der Waals surface area contributed by atoms with Gasteiger partial charge in [-0.25, -0.2) is 8.42 Å². The molecule has 2 aromatic carbocycles. The van der Waals surface area contributed by atoms with E-state index in [2.05, 4.69) is 0 Å². The first kappa shape index (κ1) is 16.1. The first-order valence-corrected chi connectivity index (χ1v) is 9.87. The van der Waals surface area contributed by atoms with Gasteiger partial charge >= 0.3 is 0 Å². The molecule has 1 atom stereocenters. The lowest BCUT2D eigenvalue weighted by Gasteiger charge is -2.22. The van der Waals surface area contributed by atoms with Crippen molar-refractivity contribution >= 4 is 27.3 Å². The third-order valence-corrected chi connectivity index (χ3v) is 6.85. The monoisotopic (exact) mass is 356 g/mol. The number of carbonyl (C=O) groups is 1. The summed E-state index contributed by atoms with van der Waals surface area (Å²) in [6.45, 7) is 3.98. The Morgan fingerprint density at radius 1 is 1.08 bits per heavy atom. The maximum absolute atomic E-state index is 13.1. The third kappa shape index (κ3) is 2.43. The number of rotatable bonds is 2. The molecule has 0 bridgehead atoms. The highest BCUT2D eigenvalue weighted by Gasteiger charge is 2.34. The van der Waals surface area contributed by atoms with Gasteiger partial charge in [0.05, 0.1) is 10.6 Å². The Hall–Kier alpha value is -2.34.